The quantitative estimate of drug-likeness (QED) is 0.308. The molecule has 0 radical (unpaired) electrons. The molecule has 2 aromatic carbocycles. The van der Waals surface area contributed by atoms with Crippen LogP contribution < -0.4 is 9.47 Å². The second-order valence-corrected chi connectivity index (χ2v) is 10.4. The molecular formula is C18H11Cl6N3O3. The number of halogens is 6. The molecule has 6 nitrogen and oxygen atoms in total. The van der Waals surface area contributed by atoms with E-state index in [9.17, 15) is 4.79 Å². The molecule has 0 bridgehead atoms. The maximum atomic E-state index is 13.3. The minimum absolute atomic E-state index is 0.237. The van der Waals surface area contributed by atoms with Crippen molar-refractivity contribution in [2.45, 2.75) is 7.59 Å². The molecule has 0 aliphatic rings. The summed E-state index contributed by atoms with van der Waals surface area (Å²) < 4.78 is 6.49. The van der Waals surface area contributed by atoms with E-state index in [1.54, 1.807) is 30.3 Å². The van der Waals surface area contributed by atoms with Crippen molar-refractivity contribution in [2.24, 2.45) is 0 Å². The summed E-state index contributed by atoms with van der Waals surface area (Å²) in [6.45, 7) is 0. The number of rotatable bonds is 4. The molecular weight excluding hydrogens is 519 g/mol. The number of fused-ring (bicyclic) bond motifs is 1. The van der Waals surface area contributed by atoms with Crippen LogP contribution >= 0.6 is 69.6 Å². The molecule has 3 rings (SSSR count). The summed E-state index contributed by atoms with van der Waals surface area (Å²) >= 11 is 35.3. The SMILES string of the molecule is COc1ccc2c(OC)ccc(C(=O)c3nc(C(Cl)(Cl)Cl)nc(C(Cl)(Cl)Cl)n3)c2c1. The normalized spacial score (nSPS) is 12.1. The lowest BCUT2D eigenvalue weighted by atomic mass is 9.99. The van der Waals surface area contributed by atoms with Gasteiger partial charge in [-0.05, 0) is 30.3 Å². The highest BCUT2D eigenvalue weighted by Gasteiger charge is 2.35. The van der Waals surface area contributed by atoms with Crippen LogP contribution in [0.25, 0.3) is 10.8 Å². The van der Waals surface area contributed by atoms with Gasteiger partial charge in [-0.2, -0.15) is 0 Å². The molecule has 3 aromatic rings. The van der Waals surface area contributed by atoms with Crippen molar-refractivity contribution in [3.8, 4) is 11.5 Å². The zero-order valence-electron chi connectivity index (χ0n) is 15.2. The smallest absolute Gasteiger partial charge is 0.250 e. The Morgan fingerprint density at radius 1 is 0.800 bits per heavy atom. The van der Waals surface area contributed by atoms with Crippen molar-refractivity contribution < 1.29 is 14.3 Å². The zero-order valence-corrected chi connectivity index (χ0v) is 19.8. The first-order chi connectivity index (χ1) is 14.0. The Morgan fingerprint density at radius 2 is 1.40 bits per heavy atom. The molecule has 30 heavy (non-hydrogen) atoms. The summed E-state index contributed by atoms with van der Waals surface area (Å²) in [7, 11) is 3.03. The molecule has 0 atom stereocenters. The van der Waals surface area contributed by atoms with Gasteiger partial charge >= 0.3 is 0 Å². The molecule has 0 fully saturated rings. The lowest BCUT2D eigenvalue weighted by Crippen LogP contribution is -2.21. The van der Waals surface area contributed by atoms with E-state index in [2.05, 4.69) is 15.0 Å². The number of ether oxygens (including phenoxy) is 2. The summed E-state index contributed by atoms with van der Waals surface area (Å²) in [5.41, 5.74) is 0.237. The molecule has 0 aliphatic carbocycles. The Hall–Kier alpha value is -1.28. The molecule has 12 heteroatoms. The van der Waals surface area contributed by atoms with E-state index >= 15 is 0 Å². The van der Waals surface area contributed by atoms with Gasteiger partial charge < -0.3 is 9.47 Å². The number of hydrogen-bond donors (Lipinski definition) is 0. The second-order valence-electron chi connectivity index (χ2n) is 5.86. The lowest BCUT2D eigenvalue weighted by Gasteiger charge is -2.16. The van der Waals surface area contributed by atoms with E-state index in [4.69, 9.17) is 79.1 Å². The molecule has 0 saturated heterocycles. The average Bonchev–Trinajstić information content (AvgIpc) is 2.70. The maximum Gasteiger partial charge on any atom is 0.250 e. The molecule has 0 aliphatic heterocycles. The Labute approximate surface area is 201 Å². The molecule has 158 valence electrons. The third-order valence-corrected chi connectivity index (χ3v) is 5.01. The summed E-state index contributed by atoms with van der Waals surface area (Å²) in [5, 5.41) is 1.20. The van der Waals surface area contributed by atoms with Gasteiger partial charge in [0, 0.05) is 16.3 Å². The Balaban J connectivity index is 2.25. The fourth-order valence-corrected chi connectivity index (χ4v) is 3.16. The molecule has 0 saturated carbocycles. The topological polar surface area (TPSA) is 74.2 Å². The van der Waals surface area contributed by atoms with Crippen LogP contribution in [0.3, 0.4) is 0 Å². The van der Waals surface area contributed by atoms with Crippen LogP contribution in [0.4, 0.5) is 0 Å². The number of benzene rings is 2. The molecule has 0 spiro atoms. The van der Waals surface area contributed by atoms with Gasteiger partial charge in [-0.15, -0.1) is 0 Å². The predicted molar refractivity (Wildman–Crippen MR) is 119 cm³/mol. The Kier molecular flexibility index (Phi) is 6.77. The summed E-state index contributed by atoms with van der Waals surface area (Å²) in [5.74, 6) is -0.593. The first-order valence-electron chi connectivity index (χ1n) is 8.05. The van der Waals surface area contributed by atoms with Crippen molar-refractivity contribution >= 4 is 86.2 Å². The Morgan fingerprint density at radius 3 is 1.90 bits per heavy atom. The summed E-state index contributed by atoms with van der Waals surface area (Å²) in [6.07, 6.45) is 0. The van der Waals surface area contributed by atoms with Crippen molar-refractivity contribution in [1.29, 1.82) is 0 Å². The number of carbonyl (C=O) groups is 1. The van der Waals surface area contributed by atoms with E-state index in [0.717, 1.165) is 0 Å². The van der Waals surface area contributed by atoms with Crippen molar-refractivity contribution in [3.05, 3.63) is 53.4 Å². The molecule has 1 aromatic heterocycles. The first kappa shape index (κ1) is 23.4. The van der Waals surface area contributed by atoms with Crippen LogP contribution in [-0.4, -0.2) is 35.0 Å². The van der Waals surface area contributed by atoms with Gasteiger partial charge in [0.1, 0.15) is 11.5 Å². The van der Waals surface area contributed by atoms with Gasteiger partial charge in [-0.1, -0.05) is 69.6 Å². The second kappa shape index (κ2) is 8.69. The van der Waals surface area contributed by atoms with Gasteiger partial charge in [0.25, 0.3) is 0 Å². The van der Waals surface area contributed by atoms with Crippen molar-refractivity contribution in [2.75, 3.05) is 14.2 Å². The van der Waals surface area contributed by atoms with E-state index in [0.29, 0.717) is 22.3 Å². The number of carbonyl (C=O) groups excluding carboxylic acids is 1. The number of alkyl halides is 6. The lowest BCUT2D eigenvalue weighted by molar-refractivity contribution is 0.103. The van der Waals surface area contributed by atoms with Crippen LogP contribution in [0.5, 0.6) is 11.5 Å². The third-order valence-electron chi connectivity index (χ3n) is 3.99. The molecule has 0 N–H and O–H groups in total. The van der Waals surface area contributed by atoms with E-state index in [1.165, 1.54) is 14.2 Å². The first-order valence-corrected chi connectivity index (χ1v) is 10.3. The molecule has 0 amide bonds. The van der Waals surface area contributed by atoms with Gasteiger partial charge in [-0.25, -0.2) is 15.0 Å². The number of ketones is 1. The average molecular weight is 530 g/mol. The predicted octanol–water partition coefficient (Wildman–Crippen LogP) is 5.93. The van der Waals surface area contributed by atoms with Crippen molar-refractivity contribution in [3.63, 3.8) is 0 Å². The number of aromatic nitrogens is 3. The Bertz CT molecular complexity index is 1100. The van der Waals surface area contributed by atoms with Crippen molar-refractivity contribution in [1.82, 2.24) is 15.0 Å². The zero-order chi connectivity index (χ0) is 22.3. The van der Waals surface area contributed by atoms with Gasteiger partial charge in [-0.3, -0.25) is 4.79 Å². The minimum Gasteiger partial charge on any atom is -0.497 e. The van der Waals surface area contributed by atoms with Crippen LogP contribution in [0, 0.1) is 0 Å². The fraction of sp³-hybridized carbons (Fsp3) is 0.222. The number of methoxy groups -OCH3 is 2. The fourth-order valence-electron chi connectivity index (χ4n) is 2.65. The highest BCUT2D eigenvalue weighted by molar-refractivity contribution is 6.67. The van der Waals surface area contributed by atoms with Crippen LogP contribution in [0.2, 0.25) is 0 Å². The van der Waals surface area contributed by atoms with Crippen LogP contribution in [-0.2, 0) is 7.59 Å². The standard InChI is InChI=1S/C18H11Cl6N3O3/c1-29-8-3-4-9-11(7-8)10(5-6-12(9)30-2)13(28)14-25-15(17(19,20)21)27-16(26-14)18(22,23)24/h3-7H,1-2H3. The number of nitrogens with zero attached hydrogens (tertiary/aromatic N) is 3. The third kappa shape index (κ3) is 4.79. The van der Waals surface area contributed by atoms with Gasteiger partial charge in [0.05, 0.1) is 14.2 Å². The minimum atomic E-state index is -2.08. The van der Waals surface area contributed by atoms with E-state index in [-0.39, 0.29) is 23.0 Å². The summed E-state index contributed by atoms with van der Waals surface area (Å²) in [6, 6.07) is 8.37. The van der Waals surface area contributed by atoms with Gasteiger partial charge in [0.15, 0.2) is 11.6 Å². The van der Waals surface area contributed by atoms with Crippen LogP contribution in [0.1, 0.15) is 27.8 Å². The van der Waals surface area contributed by atoms with E-state index in [1.807, 2.05) is 0 Å². The van der Waals surface area contributed by atoms with Crippen LogP contribution in [0.15, 0.2) is 30.3 Å². The largest absolute Gasteiger partial charge is 0.497 e. The number of hydrogen-bond acceptors (Lipinski definition) is 6. The van der Waals surface area contributed by atoms with E-state index < -0.39 is 13.4 Å². The highest BCUT2D eigenvalue weighted by atomic mass is 35.6. The monoisotopic (exact) mass is 527 g/mol. The molecule has 1 heterocycles. The molecule has 0 unspecified atom stereocenters. The summed E-state index contributed by atoms with van der Waals surface area (Å²) in [4.78, 5) is 25.1. The van der Waals surface area contributed by atoms with Gasteiger partial charge in [0.2, 0.25) is 19.2 Å². The highest BCUT2D eigenvalue weighted by Crippen LogP contribution is 2.40. The maximum absolute atomic E-state index is 13.3.